The first-order chi connectivity index (χ1) is 4.88. The second kappa shape index (κ2) is 3.74. The van der Waals surface area contributed by atoms with Crippen LogP contribution in [0.15, 0.2) is 12.2 Å². The zero-order valence-corrected chi connectivity index (χ0v) is 6.54. The maximum Gasteiger partial charge on any atom is 0.188 e. The molecule has 1 rings (SSSR count). The van der Waals surface area contributed by atoms with Crippen LogP contribution in [0.25, 0.3) is 0 Å². The molecule has 0 aromatic carbocycles. The quantitative estimate of drug-likeness (QED) is 0.440. The fourth-order valence-electron chi connectivity index (χ4n) is 0.814. The van der Waals surface area contributed by atoms with Crippen LogP contribution in [0.3, 0.4) is 0 Å². The fourth-order valence-corrected chi connectivity index (χ4v) is 0.814. The van der Waals surface area contributed by atoms with Gasteiger partial charge in [-0.05, 0) is 13.3 Å². The summed E-state index contributed by atoms with van der Waals surface area (Å²) in [6, 6.07) is 0. The molecule has 10 heavy (non-hydrogen) atoms. The van der Waals surface area contributed by atoms with Gasteiger partial charge in [0.1, 0.15) is 6.10 Å². The molecular weight excluding hydrogens is 128 g/mol. The molecule has 0 saturated carbocycles. The van der Waals surface area contributed by atoms with Crippen molar-refractivity contribution in [1.29, 1.82) is 0 Å². The first-order valence-electron chi connectivity index (χ1n) is 3.82. The van der Waals surface area contributed by atoms with E-state index in [1.807, 2.05) is 6.92 Å². The molecular formula is C8H14O2. The topological polar surface area (TPSA) is 21.8 Å². The van der Waals surface area contributed by atoms with Crippen LogP contribution in [0.4, 0.5) is 0 Å². The van der Waals surface area contributed by atoms with Gasteiger partial charge in [-0.25, -0.2) is 0 Å². The minimum atomic E-state index is 0.0489. The molecule has 2 unspecified atom stereocenters. The lowest BCUT2D eigenvalue weighted by molar-refractivity contribution is 0.0593. The highest BCUT2D eigenvalue weighted by molar-refractivity contribution is 4.98. The Morgan fingerprint density at radius 2 is 2.30 bits per heavy atom. The summed E-state index contributed by atoms with van der Waals surface area (Å²) in [5.74, 6) is 0. The van der Waals surface area contributed by atoms with Gasteiger partial charge in [-0.15, -0.1) is 0 Å². The third-order valence-electron chi connectivity index (χ3n) is 1.38. The van der Waals surface area contributed by atoms with E-state index < -0.39 is 0 Å². The van der Waals surface area contributed by atoms with Crippen molar-refractivity contribution in [2.45, 2.75) is 32.7 Å². The maximum absolute atomic E-state index is 5.19. The predicted octanol–water partition coefficient (Wildman–Crippen LogP) is 1.71. The summed E-state index contributed by atoms with van der Waals surface area (Å²) in [5, 5.41) is 0. The number of hydrogen-bond donors (Lipinski definition) is 0. The molecule has 58 valence electrons. The van der Waals surface area contributed by atoms with Crippen LogP contribution in [-0.2, 0) is 9.47 Å². The van der Waals surface area contributed by atoms with Crippen LogP contribution < -0.4 is 0 Å². The molecule has 1 aliphatic rings. The van der Waals surface area contributed by atoms with Crippen LogP contribution in [0.5, 0.6) is 0 Å². The number of rotatable bonds is 4. The summed E-state index contributed by atoms with van der Waals surface area (Å²) in [6.07, 6.45) is 5.51. The Kier molecular flexibility index (Phi) is 2.90. The van der Waals surface area contributed by atoms with Crippen LogP contribution in [-0.4, -0.2) is 19.0 Å². The molecule has 2 atom stereocenters. The van der Waals surface area contributed by atoms with Crippen molar-refractivity contribution in [1.82, 2.24) is 0 Å². The molecule has 0 spiro atoms. The van der Waals surface area contributed by atoms with Crippen molar-refractivity contribution in [3.05, 3.63) is 12.2 Å². The molecule has 0 aromatic heterocycles. The smallest absolute Gasteiger partial charge is 0.188 e. The highest BCUT2D eigenvalue weighted by atomic mass is 16.8. The van der Waals surface area contributed by atoms with Crippen LogP contribution in [0, 0.1) is 0 Å². The second-order valence-corrected chi connectivity index (χ2v) is 2.26. The van der Waals surface area contributed by atoms with E-state index in [0.717, 1.165) is 13.0 Å². The molecule has 0 radical (unpaired) electrons. The van der Waals surface area contributed by atoms with Gasteiger partial charge >= 0.3 is 0 Å². The maximum atomic E-state index is 5.19. The first-order valence-corrected chi connectivity index (χ1v) is 3.82. The highest BCUT2D eigenvalue weighted by Gasteiger charge is 2.36. The van der Waals surface area contributed by atoms with E-state index in [0.29, 0.717) is 0 Å². The Hall–Kier alpha value is -0.340. The van der Waals surface area contributed by atoms with E-state index in [-0.39, 0.29) is 12.4 Å². The Balaban J connectivity index is 2.07. The average Bonchev–Trinajstić information content (AvgIpc) is 2.65. The van der Waals surface area contributed by atoms with Crippen molar-refractivity contribution in [2.75, 3.05) is 6.61 Å². The average molecular weight is 142 g/mol. The summed E-state index contributed by atoms with van der Waals surface area (Å²) in [4.78, 5) is 0. The van der Waals surface area contributed by atoms with Crippen molar-refractivity contribution >= 4 is 0 Å². The van der Waals surface area contributed by atoms with Gasteiger partial charge in [0.05, 0.1) is 0 Å². The minimum Gasteiger partial charge on any atom is -0.350 e. The predicted molar refractivity (Wildman–Crippen MR) is 39.7 cm³/mol. The summed E-state index contributed by atoms with van der Waals surface area (Å²) in [7, 11) is 0. The molecule has 0 bridgehead atoms. The minimum absolute atomic E-state index is 0.0489. The lowest BCUT2D eigenvalue weighted by Gasteiger charge is -1.88. The highest BCUT2D eigenvalue weighted by Crippen LogP contribution is 2.24. The van der Waals surface area contributed by atoms with Gasteiger partial charge in [0.15, 0.2) is 6.29 Å². The lowest BCUT2D eigenvalue weighted by Crippen LogP contribution is -1.96. The number of epoxide rings is 1. The Labute approximate surface area is 61.8 Å². The zero-order chi connectivity index (χ0) is 7.40. The second-order valence-electron chi connectivity index (χ2n) is 2.26. The van der Waals surface area contributed by atoms with Gasteiger partial charge < -0.3 is 9.47 Å². The van der Waals surface area contributed by atoms with Crippen molar-refractivity contribution in [3.8, 4) is 0 Å². The Bertz CT molecular complexity index is 120. The largest absolute Gasteiger partial charge is 0.350 e. The fraction of sp³-hybridized carbons (Fsp3) is 0.750. The van der Waals surface area contributed by atoms with Crippen molar-refractivity contribution < 1.29 is 9.47 Å². The van der Waals surface area contributed by atoms with Gasteiger partial charge in [0.2, 0.25) is 0 Å². The number of allylic oxidation sites excluding steroid dienone is 1. The summed E-state index contributed by atoms with van der Waals surface area (Å²) in [6.45, 7) is 4.82. The van der Waals surface area contributed by atoms with E-state index >= 15 is 0 Å². The standard InChI is InChI=1S/C8H14O2/c1-3-5-6-7-8(10-7)9-4-2/h5-8H,3-4H2,1-2H3. The summed E-state index contributed by atoms with van der Waals surface area (Å²) < 4.78 is 10.3. The molecule has 0 aromatic rings. The van der Waals surface area contributed by atoms with Crippen molar-refractivity contribution in [3.63, 3.8) is 0 Å². The van der Waals surface area contributed by atoms with Gasteiger partial charge in [-0.2, -0.15) is 0 Å². The van der Waals surface area contributed by atoms with Crippen molar-refractivity contribution in [2.24, 2.45) is 0 Å². The van der Waals surface area contributed by atoms with E-state index in [1.54, 1.807) is 0 Å². The van der Waals surface area contributed by atoms with E-state index in [4.69, 9.17) is 9.47 Å². The molecule has 2 heteroatoms. The lowest BCUT2D eigenvalue weighted by atomic mass is 10.3. The first kappa shape index (κ1) is 7.76. The van der Waals surface area contributed by atoms with Gasteiger partial charge in [-0.1, -0.05) is 19.1 Å². The van der Waals surface area contributed by atoms with Gasteiger partial charge in [0.25, 0.3) is 0 Å². The van der Waals surface area contributed by atoms with E-state index in [2.05, 4.69) is 19.1 Å². The van der Waals surface area contributed by atoms with Gasteiger partial charge in [0, 0.05) is 6.61 Å². The summed E-state index contributed by atoms with van der Waals surface area (Å²) in [5.41, 5.74) is 0. The Morgan fingerprint density at radius 3 is 2.90 bits per heavy atom. The zero-order valence-electron chi connectivity index (χ0n) is 6.54. The Morgan fingerprint density at radius 1 is 1.50 bits per heavy atom. The molecule has 1 fully saturated rings. The third-order valence-corrected chi connectivity index (χ3v) is 1.38. The number of ether oxygens (including phenoxy) is 2. The molecule has 0 amide bonds. The van der Waals surface area contributed by atoms with Crippen LogP contribution in [0.1, 0.15) is 20.3 Å². The molecule has 2 nitrogen and oxygen atoms in total. The van der Waals surface area contributed by atoms with Gasteiger partial charge in [-0.3, -0.25) is 0 Å². The van der Waals surface area contributed by atoms with E-state index in [1.165, 1.54) is 0 Å². The normalized spacial score (nSPS) is 31.4. The summed E-state index contributed by atoms with van der Waals surface area (Å²) >= 11 is 0. The molecule has 1 heterocycles. The van der Waals surface area contributed by atoms with E-state index in [9.17, 15) is 0 Å². The SMILES string of the molecule is CCC=CC1OC1OCC. The molecule has 0 N–H and O–H groups in total. The van der Waals surface area contributed by atoms with Crippen LogP contribution in [0.2, 0.25) is 0 Å². The molecule has 1 saturated heterocycles. The third kappa shape index (κ3) is 2.12. The number of hydrogen-bond acceptors (Lipinski definition) is 2. The molecule has 0 aliphatic carbocycles. The van der Waals surface area contributed by atoms with Crippen LogP contribution >= 0.6 is 0 Å². The molecule has 1 aliphatic heterocycles. The monoisotopic (exact) mass is 142 g/mol.